The first kappa shape index (κ1) is 14.5. The van der Waals surface area contributed by atoms with Crippen LogP contribution in [0.5, 0.6) is 0 Å². The molecule has 0 unspecified atom stereocenters. The second kappa shape index (κ2) is 5.87. The summed E-state index contributed by atoms with van der Waals surface area (Å²) >= 11 is 0. The summed E-state index contributed by atoms with van der Waals surface area (Å²) in [6, 6.07) is 5.39. The largest absolute Gasteiger partial charge is 0.398 e. The number of Topliss-reactive ketones (excluding diaryl/α,β-unsaturated/α-hetero) is 1. The Morgan fingerprint density at radius 1 is 1.44 bits per heavy atom. The van der Waals surface area contributed by atoms with Crippen LogP contribution >= 0.6 is 0 Å². The molecule has 0 fully saturated rings. The van der Waals surface area contributed by atoms with Gasteiger partial charge in [0, 0.05) is 30.1 Å². The van der Waals surface area contributed by atoms with Crippen LogP contribution in [0.3, 0.4) is 0 Å². The molecule has 0 saturated heterocycles. The number of nitrogen functional groups attached to an aromatic ring is 1. The van der Waals surface area contributed by atoms with Gasteiger partial charge in [-0.25, -0.2) is 0 Å². The molecule has 0 atom stereocenters. The molecule has 0 heterocycles. The number of anilines is 2. The number of nitrogens with two attached hydrogens (primary N) is 1. The van der Waals surface area contributed by atoms with Gasteiger partial charge in [-0.1, -0.05) is 0 Å². The molecule has 0 bridgehead atoms. The van der Waals surface area contributed by atoms with E-state index in [2.05, 4.69) is 5.32 Å². The molecular weight excluding hydrogens is 228 g/mol. The van der Waals surface area contributed by atoms with Gasteiger partial charge in [-0.05, 0) is 45.9 Å². The fraction of sp³-hybridized carbons (Fsp3) is 0.500. The van der Waals surface area contributed by atoms with Gasteiger partial charge in [0.05, 0.1) is 5.60 Å². The number of hydrogen-bond donors (Lipinski definition) is 2. The molecule has 3 N–H and O–H groups in total. The molecule has 0 radical (unpaired) electrons. The SMILES string of the molecule is CCOC(C)(C)CNc1ccc(N)c(C(C)=O)c1. The fourth-order valence-electron chi connectivity index (χ4n) is 1.73. The highest BCUT2D eigenvalue weighted by molar-refractivity contribution is 6.00. The number of hydrogen-bond acceptors (Lipinski definition) is 4. The normalized spacial score (nSPS) is 11.3. The van der Waals surface area contributed by atoms with Crippen LogP contribution < -0.4 is 11.1 Å². The lowest BCUT2D eigenvalue weighted by Crippen LogP contribution is -2.33. The molecule has 18 heavy (non-hydrogen) atoms. The van der Waals surface area contributed by atoms with Crippen LogP contribution in [0.4, 0.5) is 11.4 Å². The fourth-order valence-corrected chi connectivity index (χ4v) is 1.73. The molecule has 4 heteroatoms. The molecule has 0 spiro atoms. The summed E-state index contributed by atoms with van der Waals surface area (Å²) in [4.78, 5) is 11.4. The van der Waals surface area contributed by atoms with Crippen LogP contribution in [0.25, 0.3) is 0 Å². The van der Waals surface area contributed by atoms with Crippen molar-refractivity contribution < 1.29 is 9.53 Å². The van der Waals surface area contributed by atoms with Crippen LogP contribution in [-0.4, -0.2) is 24.5 Å². The van der Waals surface area contributed by atoms with Gasteiger partial charge in [-0.2, -0.15) is 0 Å². The molecule has 0 aliphatic carbocycles. The minimum Gasteiger partial charge on any atom is -0.398 e. The molecular formula is C14H22N2O2. The van der Waals surface area contributed by atoms with Crippen molar-refractivity contribution in [3.05, 3.63) is 23.8 Å². The van der Waals surface area contributed by atoms with E-state index < -0.39 is 0 Å². The number of carbonyl (C=O) groups is 1. The number of rotatable bonds is 6. The van der Waals surface area contributed by atoms with Crippen LogP contribution in [0, 0.1) is 0 Å². The van der Waals surface area contributed by atoms with Crippen LogP contribution in [0.15, 0.2) is 18.2 Å². The maximum Gasteiger partial charge on any atom is 0.161 e. The first-order chi connectivity index (χ1) is 8.35. The predicted molar refractivity (Wildman–Crippen MR) is 75.1 cm³/mol. The molecule has 1 rings (SSSR count). The van der Waals surface area contributed by atoms with E-state index >= 15 is 0 Å². The maximum absolute atomic E-state index is 11.4. The van der Waals surface area contributed by atoms with E-state index in [-0.39, 0.29) is 11.4 Å². The Morgan fingerprint density at radius 3 is 2.67 bits per heavy atom. The minimum absolute atomic E-state index is 0.0276. The zero-order valence-corrected chi connectivity index (χ0v) is 11.5. The summed E-state index contributed by atoms with van der Waals surface area (Å²) in [6.45, 7) is 8.87. The summed E-state index contributed by atoms with van der Waals surface area (Å²) in [5.74, 6) is -0.0276. The Hall–Kier alpha value is -1.55. The van der Waals surface area contributed by atoms with Crippen molar-refractivity contribution in [2.45, 2.75) is 33.3 Å². The molecule has 0 aromatic heterocycles. The van der Waals surface area contributed by atoms with Crippen molar-refractivity contribution in [3.8, 4) is 0 Å². The van der Waals surface area contributed by atoms with Gasteiger partial charge in [0.1, 0.15) is 0 Å². The van der Waals surface area contributed by atoms with Crippen LogP contribution in [-0.2, 0) is 4.74 Å². The third-order valence-electron chi connectivity index (χ3n) is 2.69. The Balaban J connectivity index is 2.74. The topological polar surface area (TPSA) is 64.3 Å². The van der Waals surface area contributed by atoms with E-state index in [0.717, 1.165) is 5.69 Å². The van der Waals surface area contributed by atoms with Gasteiger partial charge in [0.15, 0.2) is 5.78 Å². The highest BCUT2D eigenvalue weighted by Gasteiger charge is 2.17. The number of carbonyl (C=O) groups excluding carboxylic acids is 1. The Morgan fingerprint density at radius 2 is 2.11 bits per heavy atom. The average Bonchev–Trinajstić information content (AvgIpc) is 2.27. The van der Waals surface area contributed by atoms with E-state index in [1.165, 1.54) is 6.92 Å². The first-order valence-corrected chi connectivity index (χ1v) is 6.14. The molecule has 0 aliphatic rings. The molecule has 0 saturated carbocycles. The van der Waals surface area contributed by atoms with Crippen molar-refractivity contribution in [1.29, 1.82) is 0 Å². The van der Waals surface area contributed by atoms with E-state index in [1.54, 1.807) is 12.1 Å². The van der Waals surface area contributed by atoms with Gasteiger partial charge in [-0.15, -0.1) is 0 Å². The first-order valence-electron chi connectivity index (χ1n) is 6.14. The third-order valence-corrected chi connectivity index (χ3v) is 2.69. The van der Waals surface area contributed by atoms with Gasteiger partial charge in [0.2, 0.25) is 0 Å². The number of benzene rings is 1. The van der Waals surface area contributed by atoms with Crippen molar-refractivity contribution >= 4 is 17.2 Å². The molecule has 0 aliphatic heterocycles. The summed E-state index contributed by atoms with van der Waals surface area (Å²) in [5.41, 5.74) is 7.44. The lowest BCUT2D eigenvalue weighted by atomic mass is 10.1. The van der Waals surface area contributed by atoms with Crippen molar-refractivity contribution in [1.82, 2.24) is 0 Å². The lowest BCUT2D eigenvalue weighted by molar-refractivity contribution is 0.000698. The summed E-state index contributed by atoms with van der Waals surface area (Å²) in [5, 5.41) is 3.26. The lowest BCUT2D eigenvalue weighted by Gasteiger charge is -2.25. The minimum atomic E-state index is -0.244. The Labute approximate surface area is 109 Å². The maximum atomic E-state index is 11.4. The summed E-state index contributed by atoms with van der Waals surface area (Å²) in [6.07, 6.45) is 0. The monoisotopic (exact) mass is 250 g/mol. The van der Waals surface area contributed by atoms with E-state index in [0.29, 0.717) is 24.4 Å². The summed E-state index contributed by atoms with van der Waals surface area (Å²) < 4.78 is 5.60. The van der Waals surface area contributed by atoms with Crippen LogP contribution in [0.2, 0.25) is 0 Å². The predicted octanol–water partition coefficient (Wildman–Crippen LogP) is 2.70. The standard InChI is InChI=1S/C14H22N2O2/c1-5-18-14(3,4)9-16-11-6-7-13(15)12(8-11)10(2)17/h6-8,16H,5,9,15H2,1-4H3. The summed E-state index contributed by atoms with van der Waals surface area (Å²) in [7, 11) is 0. The van der Waals surface area contributed by atoms with Crippen molar-refractivity contribution in [3.63, 3.8) is 0 Å². The van der Waals surface area contributed by atoms with Crippen LogP contribution in [0.1, 0.15) is 38.1 Å². The molecule has 0 amide bonds. The Bertz CT molecular complexity index is 428. The average molecular weight is 250 g/mol. The highest BCUT2D eigenvalue weighted by atomic mass is 16.5. The van der Waals surface area contributed by atoms with E-state index in [4.69, 9.17) is 10.5 Å². The van der Waals surface area contributed by atoms with Crippen molar-refractivity contribution in [2.75, 3.05) is 24.2 Å². The second-order valence-corrected chi connectivity index (χ2v) is 4.90. The number of ether oxygens (including phenoxy) is 1. The second-order valence-electron chi connectivity index (χ2n) is 4.90. The molecule has 4 nitrogen and oxygen atoms in total. The van der Waals surface area contributed by atoms with Gasteiger partial charge < -0.3 is 15.8 Å². The third kappa shape index (κ3) is 4.04. The highest BCUT2D eigenvalue weighted by Crippen LogP contribution is 2.19. The van der Waals surface area contributed by atoms with Gasteiger partial charge in [0.25, 0.3) is 0 Å². The molecule has 1 aromatic carbocycles. The molecule has 1 aromatic rings. The zero-order chi connectivity index (χ0) is 13.8. The number of ketones is 1. The van der Waals surface area contributed by atoms with E-state index in [9.17, 15) is 4.79 Å². The van der Waals surface area contributed by atoms with Gasteiger partial charge in [-0.3, -0.25) is 4.79 Å². The Kier molecular flexibility index (Phi) is 4.73. The van der Waals surface area contributed by atoms with Gasteiger partial charge >= 0.3 is 0 Å². The van der Waals surface area contributed by atoms with Crippen molar-refractivity contribution in [2.24, 2.45) is 0 Å². The quantitative estimate of drug-likeness (QED) is 0.602. The zero-order valence-electron chi connectivity index (χ0n) is 11.5. The number of nitrogens with one attached hydrogen (secondary N) is 1. The molecule has 100 valence electrons. The van der Waals surface area contributed by atoms with E-state index in [1.807, 2.05) is 26.8 Å². The smallest absolute Gasteiger partial charge is 0.161 e.